The summed E-state index contributed by atoms with van der Waals surface area (Å²) >= 11 is 0. The summed E-state index contributed by atoms with van der Waals surface area (Å²) in [7, 11) is 0. The van der Waals surface area contributed by atoms with Crippen molar-refractivity contribution in [3.05, 3.63) is 29.8 Å². The van der Waals surface area contributed by atoms with Gasteiger partial charge in [-0.3, -0.25) is 0 Å². The van der Waals surface area contributed by atoms with E-state index in [1.165, 1.54) is 0 Å². The van der Waals surface area contributed by atoms with E-state index < -0.39 is 37.3 Å². The predicted octanol–water partition coefficient (Wildman–Crippen LogP) is -0.572. The molecule has 0 radical (unpaired) electrons. The van der Waals surface area contributed by atoms with E-state index in [-0.39, 0.29) is 0 Å². The maximum Gasteiger partial charge on any atom is 0.229 e. The number of benzene rings is 1. The van der Waals surface area contributed by atoms with Gasteiger partial charge in [-0.25, -0.2) is 0 Å². The van der Waals surface area contributed by atoms with Crippen molar-refractivity contribution in [2.75, 3.05) is 6.61 Å². The maximum absolute atomic E-state index is 9.84. The summed E-state index contributed by atoms with van der Waals surface area (Å²) in [4.78, 5) is 0. The highest BCUT2D eigenvalue weighted by Gasteiger charge is 2.44. The molecule has 112 valence electrons. The number of hydrogen-bond donors (Lipinski definition) is 4. The van der Waals surface area contributed by atoms with Crippen LogP contribution in [0.2, 0.25) is 0 Å². The topological polar surface area (TPSA) is 99.4 Å². The van der Waals surface area contributed by atoms with Crippen molar-refractivity contribution in [2.45, 2.75) is 44.1 Å². The van der Waals surface area contributed by atoms with Crippen LogP contribution >= 0.6 is 0 Å². The third-order valence-electron chi connectivity index (χ3n) is 3.43. The van der Waals surface area contributed by atoms with Gasteiger partial charge in [-0.15, -0.1) is 0 Å². The van der Waals surface area contributed by atoms with Crippen LogP contribution < -0.4 is 4.74 Å². The molecule has 20 heavy (non-hydrogen) atoms. The molecule has 0 bridgehead atoms. The van der Waals surface area contributed by atoms with Crippen LogP contribution in [0.15, 0.2) is 24.3 Å². The average molecular weight is 284 g/mol. The molecular weight excluding hydrogens is 264 g/mol. The molecule has 4 N–H and O–H groups in total. The van der Waals surface area contributed by atoms with Crippen molar-refractivity contribution in [1.29, 1.82) is 0 Å². The van der Waals surface area contributed by atoms with E-state index >= 15 is 0 Å². The van der Waals surface area contributed by atoms with Crippen molar-refractivity contribution in [1.82, 2.24) is 0 Å². The SMILES string of the molecule is CCc1ccc(O[C@@H]2O[C@H](CO)[C@@H](O)[C@H](O)[C@H]2O)cc1. The van der Waals surface area contributed by atoms with Gasteiger partial charge in [-0.05, 0) is 24.1 Å². The van der Waals surface area contributed by atoms with E-state index in [2.05, 4.69) is 0 Å². The van der Waals surface area contributed by atoms with Gasteiger partial charge in [0.25, 0.3) is 0 Å². The number of aliphatic hydroxyl groups is 4. The summed E-state index contributed by atoms with van der Waals surface area (Å²) < 4.78 is 10.7. The standard InChI is InChI=1S/C14H20O6/c1-2-8-3-5-9(6-4-8)19-14-13(18)12(17)11(16)10(7-15)20-14/h3-6,10-18H,2,7H2,1H3/t10-,11-,12+,13-,14-/m1/s1. The highest BCUT2D eigenvalue weighted by atomic mass is 16.7. The Morgan fingerprint density at radius 1 is 1.05 bits per heavy atom. The molecule has 0 aromatic heterocycles. The largest absolute Gasteiger partial charge is 0.462 e. The monoisotopic (exact) mass is 284 g/mol. The fourth-order valence-corrected chi connectivity index (χ4v) is 2.10. The van der Waals surface area contributed by atoms with Gasteiger partial charge in [0.15, 0.2) is 0 Å². The van der Waals surface area contributed by atoms with E-state index in [1.807, 2.05) is 19.1 Å². The molecule has 1 heterocycles. The Morgan fingerprint density at radius 3 is 2.25 bits per heavy atom. The summed E-state index contributed by atoms with van der Waals surface area (Å²) in [5.74, 6) is 0.478. The van der Waals surface area contributed by atoms with Gasteiger partial charge in [-0.1, -0.05) is 19.1 Å². The van der Waals surface area contributed by atoms with Gasteiger partial charge in [0.2, 0.25) is 6.29 Å². The van der Waals surface area contributed by atoms with Gasteiger partial charge >= 0.3 is 0 Å². The van der Waals surface area contributed by atoms with Crippen LogP contribution in [-0.4, -0.2) is 57.7 Å². The second kappa shape index (κ2) is 6.51. The minimum absolute atomic E-state index is 0.473. The molecule has 5 atom stereocenters. The molecule has 1 aliphatic rings. The number of rotatable bonds is 4. The van der Waals surface area contributed by atoms with Crippen molar-refractivity contribution in [3.8, 4) is 5.75 Å². The molecule has 2 rings (SSSR count). The second-order valence-corrected chi connectivity index (χ2v) is 4.81. The fraction of sp³-hybridized carbons (Fsp3) is 0.571. The summed E-state index contributed by atoms with van der Waals surface area (Å²) in [6, 6.07) is 7.25. The van der Waals surface area contributed by atoms with Gasteiger partial charge in [-0.2, -0.15) is 0 Å². The molecule has 1 saturated heterocycles. The molecule has 6 nitrogen and oxygen atoms in total. The number of ether oxygens (including phenoxy) is 2. The molecule has 1 aliphatic heterocycles. The molecule has 1 aromatic rings. The lowest BCUT2D eigenvalue weighted by Crippen LogP contribution is -2.60. The van der Waals surface area contributed by atoms with Crippen LogP contribution in [-0.2, 0) is 11.2 Å². The van der Waals surface area contributed by atoms with Gasteiger partial charge in [0, 0.05) is 0 Å². The lowest BCUT2D eigenvalue weighted by molar-refractivity contribution is -0.277. The fourth-order valence-electron chi connectivity index (χ4n) is 2.10. The lowest BCUT2D eigenvalue weighted by atomic mass is 9.99. The zero-order chi connectivity index (χ0) is 14.7. The Bertz CT molecular complexity index is 418. The summed E-state index contributed by atoms with van der Waals surface area (Å²) in [6.45, 7) is 1.56. The van der Waals surface area contributed by atoms with Gasteiger partial charge in [0.1, 0.15) is 30.2 Å². The van der Waals surface area contributed by atoms with E-state index in [4.69, 9.17) is 14.6 Å². The van der Waals surface area contributed by atoms with Crippen molar-refractivity contribution in [2.24, 2.45) is 0 Å². The van der Waals surface area contributed by atoms with Crippen molar-refractivity contribution >= 4 is 0 Å². The summed E-state index contributed by atoms with van der Waals surface area (Å²) in [5, 5.41) is 38.2. The molecule has 6 heteroatoms. The molecular formula is C14H20O6. The Morgan fingerprint density at radius 2 is 1.70 bits per heavy atom. The Kier molecular flexibility index (Phi) is 4.95. The molecule has 0 saturated carbocycles. The first kappa shape index (κ1) is 15.2. The van der Waals surface area contributed by atoms with Crippen molar-refractivity contribution in [3.63, 3.8) is 0 Å². The molecule has 1 fully saturated rings. The lowest BCUT2D eigenvalue weighted by Gasteiger charge is -2.39. The molecule has 0 unspecified atom stereocenters. The molecule has 0 aliphatic carbocycles. The average Bonchev–Trinajstić information content (AvgIpc) is 2.48. The second-order valence-electron chi connectivity index (χ2n) is 4.81. The van der Waals surface area contributed by atoms with Crippen LogP contribution in [0.1, 0.15) is 12.5 Å². The van der Waals surface area contributed by atoms with Crippen LogP contribution in [0.5, 0.6) is 5.75 Å². The van der Waals surface area contributed by atoms with Gasteiger partial charge < -0.3 is 29.9 Å². The number of hydrogen-bond acceptors (Lipinski definition) is 6. The smallest absolute Gasteiger partial charge is 0.229 e. The zero-order valence-corrected chi connectivity index (χ0v) is 11.2. The first-order valence-corrected chi connectivity index (χ1v) is 6.63. The van der Waals surface area contributed by atoms with Crippen LogP contribution in [0.3, 0.4) is 0 Å². The number of aliphatic hydroxyl groups excluding tert-OH is 4. The molecule has 0 amide bonds. The van der Waals surface area contributed by atoms with E-state index in [1.54, 1.807) is 12.1 Å². The quantitative estimate of drug-likeness (QED) is 0.591. The highest BCUT2D eigenvalue weighted by Crippen LogP contribution is 2.24. The predicted molar refractivity (Wildman–Crippen MR) is 70.2 cm³/mol. The summed E-state index contributed by atoms with van der Waals surface area (Å²) in [5.41, 5.74) is 1.14. The Balaban J connectivity index is 2.06. The van der Waals surface area contributed by atoms with Crippen LogP contribution in [0, 0.1) is 0 Å². The normalized spacial score (nSPS) is 34.0. The van der Waals surface area contributed by atoms with E-state index in [0.717, 1.165) is 12.0 Å². The molecule has 0 spiro atoms. The minimum atomic E-state index is -1.43. The van der Waals surface area contributed by atoms with E-state index in [0.29, 0.717) is 5.75 Å². The number of aryl methyl sites for hydroxylation is 1. The van der Waals surface area contributed by atoms with E-state index in [9.17, 15) is 15.3 Å². The maximum atomic E-state index is 9.84. The Hall–Kier alpha value is -1.18. The molecule has 1 aromatic carbocycles. The minimum Gasteiger partial charge on any atom is -0.462 e. The van der Waals surface area contributed by atoms with Crippen LogP contribution in [0.25, 0.3) is 0 Å². The first-order chi connectivity index (χ1) is 9.56. The zero-order valence-electron chi connectivity index (χ0n) is 11.2. The summed E-state index contributed by atoms with van der Waals surface area (Å²) in [6.07, 6.45) is -5.40. The van der Waals surface area contributed by atoms with Crippen LogP contribution in [0.4, 0.5) is 0 Å². The third kappa shape index (κ3) is 3.11. The highest BCUT2D eigenvalue weighted by molar-refractivity contribution is 5.27. The Labute approximate surface area is 117 Å². The third-order valence-corrected chi connectivity index (χ3v) is 3.43. The van der Waals surface area contributed by atoms with Gasteiger partial charge in [0.05, 0.1) is 6.61 Å². The first-order valence-electron chi connectivity index (χ1n) is 6.63. The van der Waals surface area contributed by atoms with Crippen molar-refractivity contribution < 1.29 is 29.9 Å².